The van der Waals surface area contributed by atoms with E-state index in [0.717, 1.165) is 12.0 Å². The van der Waals surface area contributed by atoms with Crippen molar-refractivity contribution in [1.29, 1.82) is 0 Å². The van der Waals surface area contributed by atoms with Crippen molar-refractivity contribution in [3.8, 4) is 0 Å². The van der Waals surface area contributed by atoms with Crippen molar-refractivity contribution < 1.29 is 14.3 Å². The van der Waals surface area contributed by atoms with Gasteiger partial charge >= 0.3 is 0 Å². The molecule has 0 saturated carbocycles. The molecule has 0 spiro atoms. The molecule has 2 fully saturated rings. The highest BCUT2D eigenvalue weighted by atomic mass is 16.5. The minimum absolute atomic E-state index is 0.0335. The van der Waals surface area contributed by atoms with Crippen LogP contribution in [0.25, 0.3) is 0 Å². The molecule has 1 aromatic rings. The second kappa shape index (κ2) is 5.63. The van der Waals surface area contributed by atoms with E-state index in [1.807, 2.05) is 30.3 Å². The Bertz CT molecular complexity index is 497. The van der Waals surface area contributed by atoms with Gasteiger partial charge in [0.2, 0.25) is 11.8 Å². The molecule has 1 aromatic carbocycles. The van der Waals surface area contributed by atoms with Crippen LogP contribution in [0.4, 0.5) is 0 Å². The summed E-state index contributed by atoms with van der Waals surface area (Å²) >= 11 is 0. The zero-order valence-corrected chi connectivity index (χ0v) is 11.2. The van der Waals surface area contributed by atoms with Crippen molar-refractivity contribution >= 4 is 11.8 Å². The average molecular weight is 274 g/mol. The van der Waals surface area contributed by atoms with Crippen LogP contribution < -0.4 is 5.32 Å². The van der Waals surface area contributed by atoms with Crippen molar-refractivity contribution in [2.75, 3.05) is 26.3 Å². The lowest BCUT2D eigenvalue weighted by atomic mass is 9.99. The summed E-state index contributed by atoms with van der Waals surface area (Å²) in [5.74, 6) is -0.173. The second-order valence-electron chi connectivity index (χ2n) is 5.20. The van der Waals surface area contributed by atoms with Crippen LogP contribution in [0.1, 0.15) is 18.0 Å². The number of rotatable bonds is 2. The lowest BCUT2D eigenvalue weighted by Crippen LogP contribution is -2.53. The molecule has 2 aliphatic heterocycles. The van der Waals surface area contributed by atoms with Gasteiger partial charge in [-0.15, -0.1) is 0 Å². The summed E-state index contributed by atoms with van der Waals surface area (Å²) in [5.41, 5.74) is 0.858. The summed E-state index contributed by atoms with van der Waals surface area (Å²) in [4.78, 5) is 26.5. The van der Waals surface area contributed by atoms with Gasteiger partial charge in [-0.25, -0.2) is 0 Å². The van der Waals surface area contributed by atoms with Gasteiger partial charge in [0.25, 0.3) is 0 Å². The van der Waals surface area contributed by atoms with E-state index in [2.05, 4.69) is 5.32 Å². The fourth-order valence-corrected chi connectivity index (χ4v) is 2.83. The van der Waals surface area contributed by atoms with E-state index in [9.17, 15) is 9.59 Å². The molecule has 20 heavy (non-hydrogen) atoms. The van der Waals surface area contributed by atoms with Crippen molar-refractivity contribution in [2.24, 2.45) is 5.92 Å². The van der Waals surface area contributed by atoms with Gasteiger partial charge < -0.3 is 15.0 Å². The largest absolute Gasteiger partial charge is 0.381 e. The summed E-state index contributed by atoms with van der Waals surface area (Å²) in [6.45, 7) is 2.17. The van der Waals surface area contributed by atoms with Crippen molar-refractivity contribution in [3.05, 3.63) is 35.9 Å². The van der Waals surface area contributed by atoms with E-state index >= 15 is 0 Å². The minimum atomic E-state index is -0.516. The molecule has 2 atom stereocenters. The molecule has 5 nitrogen and oxygen atoms in total. The predicted octanol–water partition coefficient (Wildman–Crippen LogP) is 0.723. The molecule has 2 aliphatic rings. The first-order valence-corrected chi connectivity index (χ1v) is 6.98. The van der Waals surface area contributed by atoms with Crippen LogP contribution in [0.2, 0.25) is 0 Å². The number of nitrogens with zero attached hydrogens (tertiary/aromatic N) is 1. The predicted molar refractivity (Wildman–Crippen MR) is 72.8 cm³/mol. The van der Waals surface area contributed by atoms with Crippen LogP contribution in [0.5, 0.6) is 0 Å². The Morgan fingerprint density at radius 3 is 2.80 bits per heavy atom. The number of piperazine rings is 1. The minimum Gasteiger partial charge on any atom is -0.381 e. The molecular formula is C15H18N2O3. The molecule has 106 valence electrons. The maximum atomic E-state index is 12.6. The normalized spacial score (nSPS) is 26.4. The maximum Gasteiger partial charge on any atom is 0.247 e. The lowest BCUT2D eigenvalue weighted by molar-refractivity contribution is -0.146. The zero-order valence-electron chi connectivity index (χ0n) is 11.2. The first-order valence-electron chi connectivity index (χ1n) is 6.98. The third-order valence-corrected chi connectivity index (χ3v) is 3.89. The molecule has 3 rings (SSSR count). The zero-order chi connectivity index (χ0) is 13.9. The number of benzene rings is 1. The van der Waals surface area contributed by atoms with Crippen LogP contribution in [0, 0.1) is 5.92 Å². The van der Waals surface area contributed by atoms with Crippen LogP contribution in [-0.4, -0.2) is 43.0 Å². The molecule has 2 unspecified atom stereocenters. The number of amides is 2. The first-order chi connectivity index (χ1) is 9.77. The molecule has 0 radical (unpaired) electrons. The number of nitrogens with one attached hydrogen (secondary N) is 1. The number of carbonyl (C=O) groups is 2. The summed E-state index contributed by atoms with van der Waals surface area (Å²) in [5, 5.41) is 2.84. The van der Waals surface area contributed by atoms with Gasteiger partial charge in [0, 0.05) is 19.7 Å². The van der Waals surface area contributed by atoms with Crippen LogP contribution in [-0.2, 0) is 14.3 Å². The standard InChI is InChI=1S/C15H18N2O3/c18-14-13(11-4-2-1-3-5-11)17(8-7-16-14)15(19)12-6-9-20-10-12/h1-5,12-13H,6-10H2,(H,16,18). The number of hydrogen-bond acceptors (Lipinski definition) is 3. The molecular weight excluding hydrogens is 256 g/mol. The second-order valence-corrected chi connectivity index (χ2v) is 5.20. The van der Waals surface area contributed by atoms with E-state index in [4.69, 9.17) is 4.74 Å². The molecule has 0 aromatic heterocycles. The highest BCUT2D eigenvalue weighted by Crippen LogP contribution is 2.27. The summed E-state index contributed by atoms with van der Waals surface area (Å²) in [6.07, 6.45) is 0.748. The van der Waals surface area contributed by atoms with E-state index in [1.54, 1.807) is 4.90 Å². The third kappa shape index (κ3) is 2.41. The van der Waals surface area contributed by atoms with Gasteiger partial charge in [0.15, 0.2) is 0 Å². The lowest BCUT2D eigenvalue weighted by Gasteiger charge is -2.36. The van der Waals surface area contributed by atoms with Crippen molar-refractivity contribution in [1.82, 2.24) is 10.2 Å². The molecule has 2 amide bonds. The quantitative estimate of drug-likeness (QED) is 0.864. The maximum absolute atomic E-state index is 12.6. The Hall–Kier alpha value is -1.88. The van der Waals surface area contributed by atoms with Gasteiger partial charge in [0.1, 0.15) is 6.04 Å². The molecule has 0 aliphatic carbocycles. The molecule has 1 N–H and O–H groups in total. The van der Waals surface area contributed by atoms with Gasteiger partial charge in [-0.1, -0.05) is 30.3 Å². The summed E-state index contributed by atoms with van der Waals surface area (Å²) < 4.78 is 5.29. The highest BCUT2D eigenvalue weighted by molar-refractivity contribution is 5.90. The highest BCUT2D eigenvalue weighted by Gasteiger charge is 2.38. The van der Waals surface area contributed by atoms with Gasteiger partial charge in [-0.2, -0.15) is 0 Å². The van der Waals surface area contributed by atoms with Gasteiger partial charge in [-0.3, -0.25) is 9.59 Å². The van der Waals surface area contributed by atoms with E-state index < -0.39 is 6.04 Å². The Balaban J connectivity index is 1.86. The average Bonchev–Trinajstić information content (AvgIpc) is 3.01. The molecule has 2 saturated heterocycles. The Morgan fingerprint density at radius 1 is 1.30 bits per heavy atom. The van der Waals surface area contributed by atoms with Gasteiger partial charge in [0.05, 0.1) is 12.5 Å². The fraction of sp³-hybridized carbons (Fsp3) is 0.467. The van der Waals surface area contributed by atoms with E-state index in [-0.39, 0.29) is 17.7 Å². The number of hydrogen-bond donors (Lipinski definition) is 1. The Morgan fingerprint density at radius 2 is 2.10 bits per heavy atom. The number of carbonyl (C=O) groups excluding carboxylic acids is 2. The third-order valence-electron chi connectivity index (χ3n) is 3.89. The molecule has 0 bridgehead atoms. The van der Waals surface area contributed by atoms with Crippen LogP contribution in [0.3, 0.4) is 0 Å². The van der Waals surface area contributed by atoms with E-state index in [1.165, 1.54) is 0 Å². The van der Waals surface area contributed by atoms with Crippen LogP contribution in [0.15, 0.2) is 30.3 Å². The SMILES string of the molecule is O=C1NCCN(C(=O)C2CCOC2)C1c1ccccc1. The Labute approximate surface area is 117 Å². The van der Waals surface area contributed by atoms with Crippen molar-refractivity contribution in [3.63, 3.8) is 0 Å². The first kappa shape index (κ1) is 13.1. The fourth-order valence-electron chi connectivity index (χ4n) is 2.83. The number of ether oxygens (including phenoxy) is 1. The summed E-state index contributed by atoms with van der Waals surface area (Å²) in [6, 6.07) is 8.94. The van der Waals surface area contributed by atoms with Crippen molar-refractivity contribution in [2.45, 2.75) is 12.5 Å². The van der Waals surface area contributed by atoms with Crippen LogP contribution >= 0.6 is 0 Å². The summed E-state index contributed by atoms with van der Waals surface area (Å²) in [7, 11) is 0. The van der Waals surface area contributed by atoms with Gasteiger partial charge in [-0.05, 0) is 12.0 Å². The topological polar surface area (TPSA) is 58.6 Å². The molecule has 5 heteroatoms. The Kier molecular flexibility index (Phi) is 3.69. The molecule has 2 heterocycles. The van der Waals surface area contributed by atoms with E-state index in [0.29, 0.717) is 26.3 Å². The monoisotopic (exact) mass is 274 g/mol. The smallest absolute Gasteiger partial charge is 0.247 e.